The Hall–Kier alpha value is -4.25. The Balaban J connectivity index is 1.42. The fourth-order valence-corrected chi connectivity index (χ4v) is 4.36. The molecule has 3 aromatic carbocycles. The Morgan fingerprint density at radius 2 is 1.44 bits per heavy atom. The maximum Gasteiger partial charge on any atom is 0.305 e. The molecule has 41 heavy (non-hydrogen) atoms. The Labute approximate surface area is 240 Å². The summed E-state index contributed by atoms with van der Waals surface area (Å²) in [6.45, 7) is 1.50. The van der Waals surface area contributed by atoms with Crippen LogP contribution in [0.25, 0.3) is 0 Å². The van der Waals surface area contributed by atoms with Crippen LogP contribution in [0.5, 0.6) is 17.2 Å². The Morgan fingerprint density at radius 3 is 2.07 bits per heavy atom. The molecule has 0 atom stereocenters. The van der Waals surface area contributed by atoms with Gasteiger partial charge in [-0.1, -0.05) is 30.3 Å². The lowest BCUT2D eigenvalue weighted by molar-refractivity contribution is -0.136. The average Bonchev–Trinajstić information content (AvgIpc) is 2.93. The van der Waals surface area contributed by atoms with Gasteiger partial charge in [-0.05, 0) is 73.7 Å². The van der Waals surface area contributed by atoms with Crippen LogP contribution in [0.15, 0.2) is 72.8 Å². The highest BCUT2D eigenvalue weighted by Crippen LogP contribution is 2.24. The van der Waals surface area contributed by atoms with Crippen molar-refractivity contribution in [1.29, 1.82) is 0 Å². The minimum absolute atomic E-state index is 0.0697. The SMILES string of the molecule is CS(=O)(=O)Nc1ccc(OCCCc2ccc(OCCCCOc3ccccc3)cc2)c(C(=O)NCCC(=O)O)c1. The van der Waals surface area contributed by atoms with Gasteiger partial charge in [-0.2, -0.15) is 0 Å². The van der Waals surface area contributed by atoms with E-state index >= 15 is 0 Å². The summed E-state index contributed by atoms with van der Waals surface area (Å²) in [5.41, 5.74) is 1.42. The highest BCUT2D eigenvalue weighted by Gasteiger charge is 2.15. The first-order valence-corrected chi connectivity index (χ1v) is 15.2. The number of aryl methyl sites for hydroxylation is 1. The average molecular weight is 585 g/mol. The largest absolute Gasteiger partial charge is 0.494 e. The fourth-order valence-electron chi connectivity index (χ4n) is 3.80. The molecule has 0 aliphatic rings. The van der Waals surface area contributed by atoms with E-state index in [2.05, 4.69) is 10.0 Å². The summed E-state index contributed by atoms with van der Waals surface area (Å²) in [4.78, 5) is 23.4. The number of amides is 1. The third-order valence-corrected chi connectivity index (χ3v) is 6.37. The molecule has 0 aliphatic carbocycles. The number of unbranched alkanes of at least 4 members (excludes halogenated alkanes) is 1. The van der Waals surface area contributed by atoms with E-state index in [9.17, 15) is 18.0 Å². The summed E-state index contributed by atoms with van der Waals surface area (Å²) < 4.78 is 42.9. The number of carboxylic acid groups (broad SMARTS) is 1. The van der Waals surface area contributed by atoms with E-state index in [0.717, 1.165) is 42.6 Å². The lowest BCUT2D eigenvalue weighted by Crippen LogP contribution is -2.26. The summed E-state index contributed by atoms with van der Waals surface area (Å²) in [5, 5.41) is 11.3. The molecule has 0 unspecified atom stereocenters. The summed E-state index contributed by atoms with van der Waals surface area (Å²) in [6, 6.07) is 22.0. The Kier molecular flexibility index (Phi) is 12.3. The van der Waals surface area contributed by atoms with Crippen LogP contribution in [0.4, 0.5) is 5.69 Å². The summed E-state index contributed by atoms with van der Waals surface area (Å²) in [5.74, 6) is 0.342. The number of benzene rings is 3. The molecular weight excluding hydrogens is 548 g/mol. The number of rotatable bonds is 18. The van der Waals surface area contributed by atoms with Gasteiger partial charge in [0.25, 0.3) is 5.91 Å². The van der Waals surface area contributed by atoms with Crippen LogP contribution in [-0.2, 0) is 21.2 Å². The van der Waals surface area contributed by atoms with Gasteiger partial charge in [0.1, 0.15) is 17.2 Å². The lowest BCUT2D eigenvalue weighted by atomic mass is 10.1. The first-order valence-electron chi connectivity index (χ1n) is 13.3. The third kappa shape index (κ3) is 12.2. The molecule has 0 aliphatic heterocycles. The van der Waals surface area contributed by atoms with Crippen molar-refractivity contribution in [2.45, 2.75) is 32.1 Å². The van der Waals surface area contributed by atoms with Crippen LogP contribution in [0.2, 0.25) is 0 Å². The van der Waals surface area contributed by atoms with Gasteiger partial charge >= 0.3 is 5.97 Å². The second-order valence-corrected chi connectivity index (χ2v) is 11.0. The maximum absolute atomic E-state index is 12.7. The van der Waals surface area contributed by atoms with Crippen molar-refractivity contribution in [1.82, 2.24) is 5.32 Å². The number of aliphatic carboxylic acids is 1. The molecule has 220 valence electrons. The van der Waals surface area contributed by atoms with E-state index in [-0.39, 0.29) is 30.0 Å². The molecule has 3 rings (SSSR count). The van der Waals surface area contributed by atoms with Crippen molar-refractivity contribution >= 4 is 27.6 Å². The molecular formula is C30H36N2O8S. The molecule has 0 saturated carbocycles. The van der Waals surface area contributed by atoms with Crippen LogP contribution in [0.3, 0.4) is 0 Å². The van der Waals surface area contributed by atoms with E-state index in [1.54, 1.807) is 0 Å². The van der Waals surface area contributed by atoms with Gasteiger partial charge in [0, 0.05) is 12.2 Å². The topological polar surface area (TPSA) is 140 Å². The van der Waals surface area contributed by atoms with E-state index < -0.39 is 21.9 Å². The normalized spacial score (nSPS) is 11.0. The van der Waals surface area contributed by atoms with Crippen molar-refractivity contribution in [3.63, 3.8) is 0 Å². The number of hydrogen-bond donors (Lipinski definition) is 3. The number of sulfonamides is 1. The highest BCUT2D eigenvalue weighted by molar-refractivity contribution is 7.92. The lowest BCUT2D eigenvalue weighted by Gasteiger charge is -2.14. The zero-order valence-electron chi connectivity index (χ0n) is 23.0. The first kappa shape index (κ1) is 31.3. The number of hydrogen-bond acceptors (Lipinski definition) is 7. The van der Waals surface area contributed by atoms with Crippen LogP contribution in [0.1, 0.15) is 41.6 Å². The number of carbonyl (C=O) groups is 2. The number of ether oxygens (including phenoxy) is 3. The second-order valence-electron chi connectivity index (χ2n) is 9.30. The summed E-state index contributed by atoms with van der Waals surface area (Å²) in [6.07, 6.45) is 3.96. The van der Waals surface area contributed by atoms with E-state index in [4.69, 9.17) is 19.3 Å². The molecule has 0 spiro atoms. The van der Waals surface area contributed by atoms with Crippen molar-refractivity contribution in [2.24, 2.45) is 0 Å². The number of carboxylic acids is 1. The van der Waals surface area contributed by atoms with Gasteiger partial charge in [0.15, 0.2) is 0 Å². The molecule has 10 nitrogen and oxygen atoms in total. The quantitative estimate of drug-likeness (QED) is 0.186. The predicted octanol–water partition coefficient (Wildman–Crippen LogP) is 4.51. The monoisotopic (exact) mass is 584 g/mol. The number of para-hydroxylation sites is 1. The summed E-state index contributed by atoms with van der Waals surface area (Å²) in [7, 11) is -3.55. The van der Waals surface area contributed by atoms with Crippen molar-refractivity contribution in [2.75, 3.05) is 37.3 Å². The molecule has 0 saturated heterocycles. The maximum atomic E-state index is 12.7. The molecule has 0 heterocycles. The number of carbonyl (C=O) groups excluding carboxylic acids is 1. The van der Waals surface area contributed by atoms with E-state index in [1.165, 1.54) is 18.2 Å². The van der Waals surface area contributed by atoms with Gasteiger partial charge in [-0.25, -0.2) is 8.42 Å². The Morgan fingerprint density at radius 1 is 0.805 bits per heavy atom. The van der Waals surface area contributed by atoms with Crippen LogP contribution >= 0.6 is 0 Å². The molecule has 0 aromatic heterocycles. The third-order valence-electron chi connectivity index (χ3n) is 5.76. The van der Waals surface area contributed by atoms with Gasteiger partial charge in [-0.3, -0.25) is 14.3 Å². The zero-order chi connectivity index (χ0) is 29.5. The number of nitrogens with one attached hydrogen (secondary N) is 2. The highest BCUT2D eigenvalue weighted by atomic mass is 32.2. The van der Waals surface area contributed by atoms with Crippen molar-refractivity contribution in [3.05, 3.63) is 83.9 Å². The minimum atomic E-state index is -3.55. The zero-order valence-corrected chi connectivity index (χ0v) is 23.8. The van der Waals surface area contributed by atoms with Crippen LogP contribution in [-0.4, -0.2) is 58.0 Å². The van der Waals surface area contributed by atoms with Gasteiger partial charge < -0.3 is 24.6 Å². The second kappa shape index (κ2) is 16.1. The van der Waals surface area contributed by atoms with Crippen molar-refractivity contribution in [3.8, 4) is 17.2 Å². The first-order chi connectivity index (χ1) is 19.7. The number of anilines is 1. The van der Waals surface area contributed by atoms with E-state index in [0.29, 0.717) is 26.2 Å². The molecule has 0 bridgehead atoms. The molecule has 0 radical (unpaired) electrons. The molecule has 3 N–H and O–H groups in total. The standard InChI is InChI=1S/C30H36N2O8S/c1-41(36,37)32-24-13-16-28(27(22-24)30(35)31-18-17-29(33)34)40-21-7-8-23-11-14-26(15-12-23)39-20-6-5-19-38-25-9-3-2-4-10-25/h2-4,9-16,22,32H,5-8,17-21H2,1H3,(H,31,35)(H,33,34). The molecule has 11 heteroatoms. The molecule has 1 amide bonds. The van der Waals surface area contributed by atoms with Crippen molar-refractivity contribution < 1.29 is 37.3 Å². The summed E-state index contributed by atoms with van der Waals surface area (Å²) >= 11 is 0. The molecule has 0 fully saturated rings. The minimum Gasteiger partial charge on any atom is -0.494 e. The van der Waals surface area contributed by atoms with Gasteiger partial charge in [0.2, 0.25) is 10.0 Å². The molecule has 3 aromatic rings. The van der Waals surface area contributed by atoms with Crippen LogP contribution < -0.4 is 24.2 Å². The smallest absolute Gasteiger partial charge is 0.305 e. The van der Waals surface area contributed by atoms with E-state index in [1.807, 2.05) is 54.6 Å². The van der Waals surface area contributed by atoms with Gasteiger partial charge in [-0.15, -0.1) is 0 Å². The van der Waals surface area contributed by atoms with Gasteiger partial charge in [0.05, 0.1) is 38.1 Å². The van der Waals surface area contributed by atoms with Crippen LogP contribution in [0, 0.1) is 0 Å². The fraction of sp³-hybridized carbons (Fsp3) is 0.333. The predicted molar refractivity (Wildman–Crippen MR) is 156 cm³/mol. The Bertz CT molecular complexity index is 1360.